The van der Waals surface area contributed by atoms with E-state index >= 15 is 0 Å². The van der Waals surface area contributed by atoms with Crippen molar-refractivity contribution < 1.29 is 8.42 Å². The average Bonchev–Trinajstić information content (AvgIpc) is 2.41. The lowest BCUT2D eigenvalue weighted by Crippen LogP contribution is -2.49. The van der Waals surface area contributed by atoms with Crippen molar-refractivity contribution in [1.82, 2.24) is 4.72 Å². The third kappa shape index (κ3) is 3.30. The Morgan fingerprint density at radius 1 is 1.35 bits per heavy atom. The fraction of sp³-hybridized carbons (Fsp3) is 0.462. The maximum Gasteiger partial charge on any atom is 0.242 e. The Kier molecular flexibility index (Phi) is 4.66. The second-order valence-electron chi connectivity index (χ2n) is 4.93. The van der Waals surface area contributed by atoms with Crippen LogP contribution in [0.1, 0.15) is 31.2 Å². The minimum Gasteiger partial charge on any atom is -0.326 e. The van der Waals surface area contributed by atoms with E-state index in [1.165, 1.54) is 18.2 Å². The number of sulfonamides is 1. The van der Waals surface area contributed by atoms with Gasteiger partial charge in [-0.25, -0.2) is 13.1 Å². The minimum atomic E-state index is -3.80. The van der Waals surface area contributed by atoms with Gasteiger partial charge < -0.3 is 5.73 Å². The lowest BCUT2D eigenvalue weighted by atomic mass is 9.92. The fourth-order valence-corrected chi connectivity index (χ4v) is 4.12. The summed E-state index contributed by atoms with van der Waals surface area (Å²) in [6.45, 7) is 0. The summed E-state index contributed by atoms with van der Waals surface area (Å²) in [5.74, 6) is 0. The van der Waals surface area contributed by atoms with Crippen molar-refractivity contribution in [2.24, 2.45) is 5.73 Å². The van der Waals surface area contributed by atoms with Crippen LogP contribution < -0.4 is 10.5 Å². The van der Waals surface area contributed by atoms with Gasteiger partial charge in [0.15, 0.2) is 0 Å². The molecule has 1 aromatic carbocycles. The van der Waals surface area contributed by atoms with E-state index in [0.29, 0.717) is 6.42 Å². The van der Waals surface area contributed by atoms with Gasteiger partial charge in [-0.15, -0.1) is 0 Å². The number of rotatable bonds is 3. The first-order valence-electron chi connectivity index (χ1n) is 6.41. The molecule has 0 heterocycles. The summed E-state index contributed by atoms with van der Waals surface area (Å²) in [6.07, 6.45) is 3.47. The number of nitrogens with zero attached hydrogens (tertiary/aromatic N) is 1. The second-order valence-corrected chi connectivity index (χ2v) is 7.05. The zero-order valence-corrected chi connectivity index (χ0v) is 12.4. The molecule has 1 aromatic rings. The highest BCUT2D eigenvalue weighted by atomic mass is 35.5. The average molecular weight is 314 g/mol. The van der Waals surface area contributed by atoms with Crippen LogP contribution in [0.25, 0.3) is 0 Å². The Balaban J connectivity index is 2.31. The number of benzene rings is 1. The normalized spacial score (nSPS) is 23.2. The standard InChI is InChI=1S/C13H16ClN3O2S/c14-10-6-5-9(8-15)13(7-10)20(18,19)17-12-4-2-1-3-11(12)16/h5-7,11-12,17H,1-4,16H2. The summed E-state index contributed by atoms with van der Waals surface area (Å²) in [4.78, 5) is -0.0923. The highest BCUT2D eigenvalue weighted by molar-refractivity contribution is 7.89. The molecule has 3 N–H and O–H groups in total. The van der Waals surface area contributed by atoms with Gasteiger partial charge in [0.05, 0.1) is 5.56 Å². The molecule has 1 aliphatic carbocycles. The van der Waals surface area contributed by atoms with Gasteiger partial charge in [0.1, 0.15) is 11.0 Å². The Labute approximate surface area is 123 Å². The topological polar surface area (TPSA) is 96.0 Å². The molecule has 0 aromatic heterocycles. The van der Waals surface area contributed by atoms with Gasteiger partial charge in [0.25, 0.3) is 0 Å². The molecular formula is C13H16ClN3O2S. The summed E-state index contributed by atoms with van der Waals surface area (Å²) < 4.78 is 27.4. The van der Waals surface area contributed by atoms with E-state index in [2.05, 4.69) is 4.72 Å². The van der Waals surface area contributed by atoms with Gasteiger partial charge in [0, 0.05) is 17.1 Å². The molecule has 0 aliphatic heterocycles. The zero-order valence-electron chi connectivity index (χ0n) is 10.8. The number of hydrogen-bond acceptors (Lipinski definition) is 4. The first-order chi connectivity index (χ1) is 9.44. The van der Waals surface area contributed by atoms with Crippen molar-refractivity contribution in [3.8, 4) is 6.07 Å². The van der Waals surface area contributed by atoms with Crippen molar-refractivity contribution >= 4 is 21.6 Å². The van der Waals surface area contributed by atoms with Gasteiger partial charge in [0.2, 0.25) is 10.0 Å². The highest BCUT2D eigenvalue weighted by Gasteiger charge is 2.28. The van der Waals surface area contributed by atoms with Gasteiger partial charge in [-0.2, -0.15) is 5.26 Å². The maximum atomic E-state index is 12.4. The largest absolute Gasteiger partial charge is 0.326 e. The van der Waals surface area contributed by atoms with Gasteiger partial charge in [-0.3, -0.25) is 0 Å². The minimum absolute atomic E-state index is 0.0753. The van der Waals surface area contributed by atoms with E-state index in [4.69, 9.17) is 22.6 Å². The lowest BCUT2D eigenvalue weighted by molar-refractivity contribution is 0.361. The first-order valence-corrected chi connectivity index (χ1v) is 8.28. The second kappa shape index (κ2) is 6.10. The molecule has 2 atom stereocenters. The molecule has 2 rings (SSSR count). The quantitative estimate of drug-likeness (QED) is 0.888. The van der Waals surface area contributed by atoms with Crippen molar-refractivity contribution in [2.45, 2.75) is 42.7 Å². The van der Waals surface area contributed by atoms with Crippen LogP contribution >= 0.6 is 11.6 Å². The molecule has 0 amide bonds. The summed E-state index contributed by atoms with van der Waals surface area (Å²) in [5, 5.41) is 9.30. The molecule has 1 fully saturated rings. The molecule has 108 valence electrons. The van der Waals surface area contributed by atoms with Crippen LogP contribution in [-0.4, -0.2) is 20.5 Å². The molecule has 0 radical (unpaired) electrons. The van der Waals surface area contributed by atoms with Crippen molar-refractivity contribution in [2.75, 3.05) is 0 Å². The molecule has 0 bridgehead atoms. The molecule has 1 aliphatic rings. The predicted octanol–water partition coefficient (Wildman–Crippen LogP) is 1.76. The molecule has 1 saturated carbocycles. The van der Waals surface area contributed by atoms with Crippen LogP contribution in [0.3, 0.4) is 0 Å². The predicted molar refractivity (Wildman–Crippen MR) is 76.7 cm³/mol. The van der Waals surface area contributed by atoms with E-state index in [1.807, 2.05) is 6.07 Å². The van der Waals surface area contributed by atoms with Crippen LogP contribution in [-0.2, 0) is 10.0 Å². The number of nitriles is 1. The summed E-state index contributed by atoms with van der Waals surface area (Å²) in [6, 6.07) is 5.57. The van der Waals surface area contributed by atoms with E-state index in [9.17, 15) is 8.42 Å². The van der Waals surface area contributed by atoms with Crippen LogP contribution in [0.4, 0.5) is 0 Å². The Hall–Kier alpha value is -1.13. The van der Waals surface area contributed by atoms with E-state index in [1.54, 1.807) is 0 Å². The number of nitrogens with one attached hydrogen (secondary N) is 1. The molecule has 5 nitrogen and oxygen atoms in total. The number of hydrogen-bond donors (Lipinski definition) is 2. The number of nitrogens with two attached hydrogens (primary N) is 1. The highest BCUT2D eigenvalue weighted by Crippen LogP contribution is 2.23. The molecule has 2 unspecified atom stereocenters. The van der Waals surface area contributed by atoms with Crippen molar-refractivity contribution in [3.05, 3.63) is 28.8 Å². The molecule has 7 heteroatoms. The zero-order chi connectivity index (χ0) is 14.8. The third-order valence-corrected chi connectivity index (χ3v) is 5.24. The Morgan fingerprint density at radius 3 is 2.70 bits per heavy atom. The van der Waals surface area contributed by atoms with Crippen molar-refractivity contribution in [3.63, 3.8) is 0 Å². The first kappa shape index (κ1) is 15.3. The van der Waals surface area contributed by atoms with Gasteiger partial charge >= 0.3 is 0 Å². The molecule has 20 heavy (non-hydrogen) atoms. The van der Waals surface area contributed by atoms with E-state index in [-0.39, 0.29) is 27.6 Å². The molecule has 0 spiro atoms. The van der Waals surface area contributed by atoms with Crippen molar-refractivity contribution in [1.29, 1.82) is 5.26 Å². The van der Waals surface area contributed by atoms with E-state index in [0.717, 1.165) is 19.3 Å². The van der Waals surface area contributed by atoms with E-state index < -0.39 is 10.0 Å². The Bertz CT molecular complexity index is 640. The van der Waals surface area contributed by atoms with Gasteiger partial charge in [-0.1, -0.05) is 24.4 Å². The van der Waals surface area contributed by atoms with Crippen LogP contribution in [0, 0.1) is 11.3 Å². The molecular weight excluding hydrogens is 298 g/mol. The smallest absolute Gasteiger partial charge is 0.242 e. The third-order valence-electron chi connectivity index (χ3n) is 3.48. The SMILES string of the molecule is N#Cc1ccc(Cl)cc1S(=O)(=O)NC1CCCCC1N. The lowest BCUT2D eigenvalue weighted by Gasteiger charge is -2.29. The maximum absolute atomic E-state index is 12.4. The van der Waals surface area contributed by atoms with Crippen LogP contribution in [0.2, 0.25) is 5.02 Å². The summed E-state index contributed by atoms with van der Waals surface area (Å²) in [7, 11) is -3.80. The monoisotopic (exact) mass is 313 g/mol. The molecule has 0 saturated heterocycles. The Morgan fingerprint density at radius 2 is 2.05 bits per heavy atom. The van der Waals surface area contributed by atoms with Crippen LogP contribution in [0.15, 0.2) is 23.1 Å². The fourth-order valence-electron chi connectivity index (χ4n) is 2.38. The number of halogens is 1. The summed E-state index contributed by atoms with van der Waals surface area (Å²) >= 11 is 5.82. The summed E-state index contributed by atoms with van der Waals surface area (Å²) in [5.41, 5.74) is 6.02. The van der Waals surface area contributed by atoms with Crippen LogP contribution in [0.5, 0.6) is 0 Å². The van der Waals surface area contributed by atoms with Gasteiger partial charge in [-0.05, 0) is 31.0 Å².